The molecule has 0 aliphatic carbocycles. The topological polar surface area (TPSA) is 75.7 Å². The number of benzene rings is 3. The molecule has 4 amide bonds. The second-order valence-electron chi connectivity index (χ2n) is 7.83. The number of carbonyl (C=O) groups is 3. The van der Waals surface area contributed by atoms with E-state index in [4.69, 9.17) is 4.74 Å². The van der Waals surface area contributed by atoms with Crippen LogP contribution in [0.15, 0.2) is 87.8 Å². The average molecular weight is 614 g/mol. The van der Waals surface area contributed by atoms with Gasteiger partial charge in [0.15, 0.2) is 0 Å². The number of carbonyl (C=O) groups excluding carboxylic acids is 3. The number of amides is 4. The highest BCUT2D eigenvalue weighted by atomic mass is 79.9. The Morgan fingerprint density at radius 2 is 1.69 bits per heavy atom. The van der Waals surface area contributed by atoms with Gasteiger partial charge in [-0.25, -0.2) is 14.1 Å². The maximum Gasteiger partial charge on any atom is 0.335 e. The minimum absolute atomic E-state index is 0.141. The molecule has 9 heteroatoms. The molecular weight excluding hydrogens is 595 g/mol. The number of imide groups is 2. The van der Waals surface area contributed by atoms with Crippen LogP contribution in [-0.2, 0) is 22.6 Å². The fraction of sp³-hybridized carbons (Fsp3) is 0.0741. The molecular formula is C27H19Br2FN2O4. The molecule has 0 saturated carbocycles. The SMILES string of the molecule is C=CCc1cc(/C=C2\C(=O)NC(=O)N(c3ccc(F)cc3)C2=O)cc(Br)c1OCc1ccc(Br)cc1. The lowest BCUT2D eigenvalue weighted by atomic mass is 10.0. The van der Waals surface area contributed by atoms with E-state index < -0.39 is 23.7 Å². The molecule has 0 atom stereocenters. The van der Waals surface area contributed by atoms with E-state index in [1.807, 2.05) is 24.3 Å². The summed E-state index contributed by atoms with van der Waals surface area (Å²) in [5.74, 6) is -1.53. The molecule has 3 aromatic rings. The fourth-order valence-corrected chi connectivity index (χ4v) is 4.51. The van der Waals surface area contributed by atoms with E-state index in [9.17, 15) is 18.8 Å². The number of nitrogens with one attached hydrogen (secondary N) is 1. The van der Waals surface area contributed by atoms with E-state index in [0.717, 1.165) is 32.6 Å². The molecule has 1 fully saturated rings. The van der Waals surface area contributed by atoms with Crippen molar-refractivity contribution in [3.63, 3.8) is 0 Å². The van der Waals surface area contributed by atoms with Crippen LogP contribution in [0.25, 0.3) is 6.08 Å². The molecule has 0 bridgehead atoms. The predicted molar refractivity (Wildman–Crippen MR) is 142 cm³/mol. The largest absolute Gasteiger partial charge is 0.487 e. The molecule has 182 valence electrons. The van der Waals surface area contributed by atoms with Crippen LogP contribution < -0.4 is 15.0 Å². The highest BCUT2D eigenvalue weighted by Gasteiger charge is 2.36. The van der Waals surface area contributed by atoms with Crippen molar-refractivity contribution in [2.45, 2.75) is 13.0 Å². The van der Waals surface area contributed by atoms with Crippen LogP contribution >= 0.6 is 31.9 Å². The van der Waals surface area contributed by atoms with Crippen LogP contribution in [0.1, 0.15) is 16.7 Å². The van der Waals surface area contributed by atoms with Crippen molar-refractivity contribution < 1.29 is 23.5 Å². The van der Waals surface area contributed by atoms with Crippen molar-refractivity contribution >= 4 is 61.5 Å². The van der Waals surface area contributed by atoms with E-state index in [1.165, 1.54) is 18.2 Å². The fourth-order valence-electron chi connectivity index (χ4n) is 3.61. The molecule has 36 heavy (non-hydrogen) atoms. The molecule has 0 spiro atoms. The van der Waals surface area contributed by atoms with Gasteiger partial charge in [0.1, 0.15) is 23.7 Å². The third-order valence-electron chi connectivity index (χ3n) is 5.30. The summed E-state index contributed by atoms with van der Waals surface area (Å²) in [5.41, 5.74) is 2.22. The first-order chi connectivity index (χ1) is 17.3. The first kappa shape index (κ1) is 25.5. The van der Waals surface area contributed by atoms with Crippen LogP contribution in [0.2, 0.25) is 0 Å². The van der Waals surface area contributed by atoms with Gasteiger partial charge in [0.2, 0.25) is 0 Å². The molecule has 0 unspecified atom stereocenters. The summed E-state index contributed by atoms with van der Waals surface area (Å²) in [6.07, 6.45) is 3.60. The Labute approximate surface area is 223 Å². The molecule has 4 rings (SSSR count). The van der Waals surface area contributed by atoms with Gasteiger partial charge in [-0.3, -0.25) is 14.9 Å². The Bertz CT molecular complexity index is 1390. The molecule has 1 aliphatic rings. The number of hydrogen-bond donors (Lipinski definition) is 1. The lowest BCUT2D eigenvalue weighted by Gasteiger charge is -2.26. The summed E-state index contributed by atoms with van der Waals surface area (Å²) < 4.78 is 21.0. The smallest absolute Gasteiger partial charge is 0.335 e. The van der Waals surface area contributed by atoms with Gasteiger partial charge in [0.25, 0.3) is 11.8 Å². The van der Waals surface area contributed by atoms with Crippen molar-refractivity contribution in [3.05, 3.63) is 110 Å². The Morgan fingerprint density at radius 1 is 1.00 bits per heavy atom. The minimum atomic E-state index is -0.904. The van der Waals surface area contributed by atoms with Gasteiger partial charge < -0.3 is 4.74 Å². The number of rotatable bonds is 7. The Hall–Kier alpha value is -3.56. The number of barbiturate groups is 1. The van der Waals surface area contributed by atoms with Crippen molar-refractivity contribution in [2.75, 3.05) is 4.90 Å². The van der Waals surface area contributed by atoms with Gasteiger partial charge >= 0.3 is 6.03 Å². The van der Waals surface area contributed by atoms with E-state index in [-0.39, 0.29) is 11.3 Å². The quantitative estimate of drug-likeness (QED) is 0.192. The third kappa shape index (κ3) is 5.63. The van der Waals surface area contributed by atoms with E-state index in [2.05, 4.69) is 43.8 Å². The van der Waals surface area contributed by atoms with E-state index in [0.29, 0.717) is 28.8 Å². The molecule has 1 N–H and O–H groups in total. The van der Waals surface area contributed by atoms with Crippen molar-refractivity contribution in [1.29, 1.82) is 0 Å². The van der Waals surface area contributed by atoms with Gasteiger partial charge in [0.05, 0.1) is 10.2 Å². The zero-order valence-corrected chi connectivity index (χ0v) is 21.9. The lowest BCUT2D eigenvalue weighted by molar-refractivity contribution is -0.122. The van der Waals surface area contributed by atoms with Crippen LogP contribution in [0.3, 0.4) is 0 Å². The van der Waals surface area contributed by atoms with Crippen LogP contribution in [0.4, 0.5) is 14.9 Å². The van der Waals surface area contributed by atoms with Gasteiger partial charge in [-0.05, 0) is 93.6 Å². The molecule has 3 aromatic carbocycles. The van der Waals surface area contributed by atoms with E-state index in [1.54, 1.807) is 18.2 Å². The summed E-state index contributed by atoms with van der Waals surface area (Å²) in [5, 5.41) is 2.16. The Balaban J connectivity index is 1.65. The molecule has 1 aliphatic heterocycles. The standard InChI is InChI=1S/C27H19Br2FN2O4/c1-2-3-18-12-17(14-23(29)24(18)36-15-16-4-6-19(28)7-5-16)13-22-25(33)31-27(35)32(26(22)34)21-10-8-20(30)9-11-21/h2,4-14H,1,3,15H2,(H,31,33,35)/b22-13+. The normalized spacial score (nSPS) is 14.7. The number of nitrogens with zero attached hydrogens (tertiary/aromatic N) is 1. The summed E-state index contributed by atoms with van der Waals surface area (Å²) in [4.78, 5) is 38.8. The van der Waals surface area contributed by atoms with Crippen LogP contribution in [0.5, 0.6) is 5.75 Å². The number of anilines is 1. The van der Waals surface area contributed by atoms with Gasteiger partial charge in [0, 0.05) is 4.47 Å². The summed E-state index contributed by atoms with van der Waals surface area (Å²) in [7, 11) is 0. The highest BCUT2D eigenvalue weighted by Crippen LogP contribution is 2.34. The van der Waals surface area contributed by atoms with E-state index >= 15 is 0 Å². The third-order valence-corrected chi connectivity index (χ3v) is 6.42. The number of allylic oxidation sites excluding steroid dienone is 1. The van der Waals surface area contributed by atoms with Gasteiger partial charge in [-0.2, -0.15) is 0 Å². The zero-order valence-electron chi connectivity index (χ0n) is 18.8. The van der Waals surface area contributed by atoms with Crippen molar-refractivity contribution in [2.24, 2.45) is 0 Å². The number of ether oxygens (including phenoxy) is 1. The summed E-state index contributed by atoms with van der Waals surface area (Å²) >= 11 is 6.94. The second kappa shape index (κ2) is 11.0. The maximum atomic E-state index is 13.3. The first-order valence-corrected chi connectivity index (χ1v) is 12.3. The molecule has 1 heterocycles. The first-order valence-electron chi connectivity index (χ1n) is 10.7. The average Bonchev–Trinajstić information content (AvgIpc) is 2.83. The van der Waals surface area contributed by atoms with Crippen LogP contribution in [-0.4, -0.2) is 17.8 Å². The van der Waals surface area contributed by atoms with Gasteiger partial charge in [-0.15, -0.1) is 6.58 Å². The number of urea groups is 1. The van der Waals surface area contributed by atoms with Gasteiger partial charge in [-0.1, -0.05) is 34.1 Å². The predicted octanol–water partition coefficient (Wildman–Crippen LogP) is 6.32. The molecule has 0 aromatic heterocycles. The second-order valence-corrected chi connectivity index (χ2v) is 9.60. The molecule has 0 radical (unpaired) electrons. The van der Waals surface area contributed by atoms with Crippen molar-refractivity contribution in [3.8, 4) is 5.75 Å². The Morgan fingerprint density at radius 3 is 2.36 bits per heavy atom. The number of halogens is 3. The monoisotopic (exact) mass is 612 g/mol. The summed E-state index contributed by atoms with van der Waals surface area (Å²) in [6, 6.07) is 15.2. The molecule has 6 nitrogen and oxygen atoms in total. The molecule has 1 saturated heterocycles. The Kier molecular flexibility index (Phi) is 7.81. The van der Waals surface area contributed by atoms with Crippen molar-refractivity contribution in [1.82, 2.24) is 5.32 Å². The highest BCUT2D eigenvalue weighted by molar-refractivity contribution is 9.10. The number of hydrogen-bond acceptors (Lipinski definition) is 4. The maximum absolute atomic E-state index is 13.3. The minimum Gasteiger partial charge on any atom is -0.487 e. The summed E-state index contributed by atoms with van der Waals surface area (Å²) in [6.45, 7) is 4.14. The zero-order chi connectivity index (χ0) is 25.8. The lowest BCUT2D eigenvalue weighted by Crippen LogP contribution is -2.54. The van der Waals surface area contributed by atoms with Crippen LogP contribution in [0, 0.1) is 5.82 Å².